The summed E-state index contributed by atoms with van der Waals surface area (Å²) in [5.74, 6) is 5.13. The molecule has 0 heterocycles. The van der Waals surface area contributed by atoms with E-state index in [1.165, 1.54) is 7.11 Å². The van der Waals surface area contributed by atoms with Gasteiger partial charge in [-0.1, -0.05) is 0 Å². The first-order chi connectivity index (χ1) is 8.65. The third-order valence-corrected chi connectivity index (χ3v) is 2.79. The Hall–Kier alpha value is -2.08. The first-order valence-electron chi connectivity index (χ1n) is 5.65. The average molecular weight is 249 g/mol. The summed E-state index contributed by atoms with van der Waals surface area (Å²) in [6.45, 7) is 0. The van der Waals surface area contributed by atoms with Gasteiger partial charge in [-0.15, -0.1) is 0 Å². The molecule has 0 radical (unpaired) electrons. The molecule has 18 heavy (non-hydrogen) atoms. The summed E-state index contributed by atoms with van der Waals surface area (Å²) in [7, 11) is 1.45. The van der Waals surface area contributed by atoms with Crippen LogP contribution in [0.4, 0.5) is 5.69 Å². The van der Waals surface area contributed by atoms with Crippen LogP contribution in [0.2, 0.25) is 0 Å². The van der Waals surface area contributed by atoms with Crippen LogP contribution in [-0.4, -0.2) is 18.9 Å². The lowest BCUT2D eigenvalue weighted by molar-refractivity contribution is -0.117. The Kier molecular flexibility index (Phi) is 3.47. The van der Waals surface area contributed by atoms with Crippen molar-refractivity contribution in [2.24, 2.45) is 11.8 Å². The van der Waals surface area contributed by atoms with Crippen molar-refractivity contribution >= 4 is 17.5 Å². The number of benzene rings is 1. The summed E-state index contributed by atoms with van der Waals surface area (Å²) in [4.78, 5) is 23.0. The van der Waals surface area contributed by atoms with Crippen molar-refractivity contribution in [3.05, 3.63) is 23.8 Å². The molecule has 0 saturated heterocycles. The highest BCUT2D eigenvalue weighted by atomic mass is 16.5. The molecule has 1 aromatic carbocycles. The molecule has 1 aliphatic carbocycles. The molecule has 0 spiro atoms. The first-order valence-corrected chi connectivity index (χ1v) is 5.65. The van der Waals surface area contributed by atoms with Crippen LogP contribution in [-0.2, 0) is 4.79 Å². The number of nitrogens with two attached hydrogens (primary N) is 1. The molecule has 0 atom stereocenters. The van der Waals surface area contributed by atoms with Crippen molar-refractivity contribution in [1.82, 2.24) is 5.43 Å². The summed E-state index contributed by atoms with van der Waals surface area (Å²) in [6, 6.07) is 4.81. The molecule has 2 rings (SSSR count). The van der Waals surface area contributed by atoms with Gasteiger partial charge in [0.25, 0.3) is 5.91 Å². The fourth-order valence-corrected chi connectivity index (χ4v) is 1.62. The van der Waals surface area contributed by atoms with Gasteiger partial charge >= 0.3 is 0 Å². The lowest BCUT2D eigenvalue weighted by Gasteiger charge is -2.10. The van der Waals surface area contributed by atoms with E-state index in [1.807, 2.05) is 5.43 Å². The van der Waals surface area contributed by atoms with Crippen LogP contribution in [0.1, 0.15) is 23.2 Å². The van der Waals surface area contributed by atoms with Gasteiger partial charge < -0.3 is 10.1 Å². The molecular formula is C12H15N3O3. The van der Waals surface area contributed by atoms with Crippen molar-refractivity contribution in [3.8, 4) is 5.75 Å². The molecule has 0 aromatic heterocycles. The second kappa shape index (κ2) is 5.05. The normalized spacial score (nSPS) is 13.9. The molecule has 1 aliphatic rings. The van der Waals surface area contributed by atoms with Crippen LogP contribution in [0.15, 0.2) is 18.2 Å². The van der Waals surface area contributed by atoms with Crippen molar-refractivity contribution < 1.29 is 14.3 Å². The Labute approximate surface area is 104 Å². The maximum Gasteiger partial charge on any atom is 0.268 e. The minimum atomic E-state index is -0.438. The summed E-state index contributed by atoms with van der Waals surface area (Å²) >= 11 is 0. The Morgan fingerprint density at radius 1 is 1.39 bits per heavy atom. The summed E-state index contributed by atoms with van der Waals surface area (Å²) in [5.41, 5.74) is 2.97. The van der Waals surface area contributed by atoms with Crippen molar-refractivity contribution in [3.63, 3.8) is 0 Å². The molecule has 1 fully saturated rings. The van der Waals surface area contributed by atoms with Gasteiger partial charge in [-0.3, -0.25) is 15.0 Å². The van der Waals surface area contributed by atoms with Crippen molar-refractivity contribution in [1.29, 1.82) is 0 Å². The molecular weight excluding hydrogens is 234 g/mol. The highest BCUT2D eigenvalue weighted by molar-refractivity contribution is 5.98. The van der Waals surface area contributed by atoms with E-state index in [0.29, 0.717) is 17.0 Å². The molecule has 0 aliphatic heterocycles. The number of nitrogens with one attached hydrogen (secondary N) is 2. The number of hydrogen-bond acceptors (Lipinski definition) is 4. The number of hydrogen-bond donors (Lipinski definition) is 3. The third kappa shape index (κ3) is 2.60. The van der Waals surface area contributed by atoms with Crippen LogP contribution in [0.25, 0.3) is 0 Å². The largest absolute Gasteiger partial charge is 0.496 e. The molecule has 6 nitrogen and oxygen atoms in total. The Morgan fingerprint density at radius 3 is 2.67 bits per heavy atom. The fraction of sp³-hybridized carbons (Fsp3) is 0.333. The maximum atomic E-state index is 11.6. The van der Waals surface area contributed by atoms with Gasteiger partial charge in [0.1, 0.15) is 5.75 Å². The van der Waals surface area contributed by atoms with Gasteiger partial charge in [-0.25, -0.2) is 5.84 Å². The maximum absolute atomic E-state index is 11.6. The highest BCUT2D eigenvalue weighted by Gasteiger charge is 2.29. The van der Waals surface area contributed by atoms with Crippen LogP contribution in [0.3, 0.4) is 0 Å². The zero-order valence-electron chi connectivity index (χ0n) is 10.0. The van der Waals surface area contributed by atoms with E-state index in [1.54, 1.807) is 18.2 Å². The zero-order valence-corrected chi connectivity index (χ0v) is 10.0. The number of hydrazine groups is 1. The molecule has 6 heteroatoms. The Morgan fingerprint density at radius 2 is 2.11 bits per heavy atom. The standard InChI is InChI=1S/C12H15N3O3/c1-18-10-6-8(14-11(16)7-2-3-7)4-5-9(10)12(17)15-13/h4-7H,2-3,13H2,1H3,(H,14,16)(H,15,17). The number of amides is 2. The van der Waals surface area contributed by atoms with E-state index in [0.717, 1.165) is 12.8 Å². The molecule has 2 amide bonds. The van der Waals surface area contributed by atoms with Crippen LogP contribution in [0.5, 0.6) is 5.75 Å². The van der Waals surface area contributed by atoms with Crippen LogP contribution < -0.4 is 21.3 Å². The Balaban J connectivity index is 2.18. The number of rotatable bonds is 4. The lowest BCUT2D eigenvalue weighted by Crippen LogP contribution is -2.30. The number of anilines is 1. The lowest BCUT2D eigenvalue weighted by atomic mass is 10.1. The second-order valence-electron chi connectivity index (χ2n) is 4.15. The van der Waals surface area contributed by atoms with Crippen LogP contribution in [0, 0.1) is 5.92 Å². The van der Waals surface area contributed by atoms with E-state index in [9.17, 15) is 9.59 Å². The summed E-state index contributed by atoms with van der Waals surface area (Å²) in [5, 5.41) is 2.78. The van der Waals surface area contributed by atoms with E-state index in [-0.39, 0.29) is 11.8 Å². The van der Waals surface area contributed by atoms with Crippen molar-refractivity contribution in [2.75, 3.05) is 12.4 Å². The van der Waals surface area contributed by atoms with E-state index in [4.69, 9.17) is 10.6 Å². The second-order valence-corrected chi connectivity index (χ2v) is 4.15. The first kappa shape index (κ1) is 12.4. The quantitative estimate of drug-likeness (QED) is 0.415. The molecule has 1 saturated carbocycles. The molecule has 0 unspecified atom stereocenters. The molecule has 1 aromatic rings. The average Bonchev–Trinajstić information content (AvgIpc) is 3.22. The monoisotopic (exact) mass is 249 g/mol. The minimum Gasteiger partial charge on any atom is -0.496 e. The number of methoxy groups -OCH3 is 1. The van der Waals surface area contributed by atoms with Crippen molar-refractivity contribution in [2.45, 2.75) is 12.8 Å². The number of ether oxygens (including phenoxy) is 1. The van der Waals surface area contributed by atoms with E-state index < -0.39 is 5.91 Å². The Bertz CT molecular complexity index is 483. The van der Waals surface area contributed by atoms with Gasteiger partial charge in [-0.05, 0) is 25.0 Å². The minimum absolute atomic E-state index is 0.00748. The highest BCUT2D eigenvalue weighted by Crippen LogP contribution is 2.31. The van der Waals surface area contributed by atoms with Gasteiger partial charge in [0.05, 0.1) is 12.7 Å². The molecule has 4 N–H and O–H groups in total. The van der Waals surface area contributed by atoms with Crippen LogP contribution >= 0.6 is 0 Å². The van der Waals surface area contributed by atoms with Gasteiger partial charge in [-0.2, -0.15) is 0 Å². The zero-order chi connectivity index (χ0) is 13.1. The van der Waals surface area contributed by atoms with E-state index in [2.05, 4.69) is 5.32 Å². The fourth-order valence-electron chi connectivity index (χ4n) is 1.62. The SMILES string of the molecule is COc1cc(NC(=O)C2CC2)ccc1C(=O)NN. The molecule has 96 valence electrons. The number of nitrogen functional groups attached to an aromatic ring is 1. The molecule has 0 bridgehead atoms. The number of carbonyl (C=O) groups is 2. The summed E-state index contributed by atoms with van der Waals surface area (Å²) < 4.78 is 5.10. The predicted octanol–water partition coefficient (Wildman–Crippen LogP) is 0.647. The van der Waals surface area contributed by atoms with Gasteiger partial charge in [0, 0.05) is 17.7 Å². The van der Waals surface area contributed by atoms with E-state index >= 15 is 0 Å². The topological polar surface area (TPSA) is 93.4 Å². The summed E-state index contributed by atoms with van der Waals surface area (Å²) in [6.07, 6.45) is 1.88. The van der Waals surface area contributed by atoms with Gasteiger partial charge in [0.15, 0.2) is 0 Å². The smallest absolute Gasteiger partial charge is 0.268 e. The number of carbonyl (C=O) groups excluding carboxylic acids is 2. The van der Waals surface area contributed by atoms with Gasteiger partial charge in [0.2, 0.25) is 5.91 Å². The predicted molar refractivity (Wildman–Crippen MR) is 66.0 cm³/mol. The third-order valence-electron chi connectivity index (χ3n) is 2.79.